The number of rotatable bonds is 7. The summed E-state index contributed by atoms with van der Waals surface area (Å²) in [5.41, 5.74) is 1.92. The highest BCUT2D eigenvalue weighted by atomic mass is 35.5. The topological polar surface area (TPSA) is 80.2 Å². The molecule has 1 fully saturated rings. The van der Waals surface area contributed by atoms with E-state index in [4.69, 9.17) is 21.1 Å². The zero-order chi connectivity index (χ0) is 21.7. The predicted molar refractivity (Wildman–Crippen MR) is 122 cm³/mol. The molecule has 0 spiro atoms. The molecular formula is C22H21ClN2O4S. The van der Waals surface area contributed by atoms with Crippen LogP contribution in [-0.2, 0) is 11.2 Å². The highest BCUT2D eigenvalue weighted by Gasteiger charge is 2.24. The summed E-state index contributed by atoms with van der Waals surface area (Å²) in [5, 5.41) is 14.0. The summed E-state index contributed by atoms with van der Waals surface area (Å²) < 4.78 is 10.8. The van der Waals surface area contributed by atoms with Crippen molar-refractivity contribution in [2.45, 2.75) is 13.3 Å². The molecule has 1 heterocycles. The number of nitrogens with zero attached hydrogens (tertiary/aromatic N) is 1. The Morgan fingerprint density at radius 3 is 2.80 bits per heavy atom. The lowest BCUT2D eigenvalue weighted by atomic mass is 10.1. The third-order valence-electron chi connectivity index (χ3n) is 4.15. The molecule has 30 heavy (non-hydrogen) atoms. The number of hydrogen-bond donors (Lipinski definition) is 2. The van der Waals surface area contributed by atoms with E-state index in [9.17, 15) is 9.90 Å². The van der Waals surface area contributed by atoms with Crippen LogP contribution >= 0.6 is 23.4 Å². The fourth-order valence-corrected chi connectivity index (χ4v) is 3.84. The van der Waals surface area contributed by atoms with Gasteiger partial charge in [-0.1, -0.05) is 17.7 Å². The fraction of sp³-hybridized carbons (Fsp3) is 0.182. The third-order valence-corrected chi connectivity index (χ3v) is 5.30. The molecule has 0 saturated carbocycles. The largest absolute Gasteiger partial charge is 0.504 e. The van der Waals surface area contributed by atoms with Crippen molar-refractivity contribution >= 4 is 46.2 Å². The number of hydrogen-bond acceptors (Lipinski definition) is 6. The van der Waals surface area contributed by atoms with Gasteiger partial charge in [0, 0.05) is 10.6 Å². The number of amides is 1. The first-order valence-corrected chi connectivity index (χ1v) is 10.4. The number of aliphatic imine (C=N–C) groups is 1. The molecule has 1 amide bonds. The second-order valence-corrected chi connectivity index (χ2v) is 7.72. The standard InChI is InChI=1S/C22H21ClN2O4S/c1-4-6-14-9-13(10-18(20(14)26)29-5-2)11-19-21(27)25-22(30-19)24-16-12-15(23)7-8-17(16)28-3/h4,7-12,26H,1,5-6H2,2-3H3,(H,24,25,27)/b19-11-. The van der Waals surface area contributed by atoms with Crippen LogP contribution < -0.4 is 14.8 Å². The van der Waals surface area contributed by atoms with E-state index in [1.165, 1.54) is 11.8 Å². The van der Waals surface area contributed by atoms with Gasteiger partial charge in [-0.25, -0.2) is 4.99 Å². The van der Waals surface area contributed by atoms with E-state index in [0.717, 1.165) is 5.56 Å². The van der Waals surface area contributed by atoms with Crippen molar-refractivity contribution < 1.29 is 19.4 Å². The van der Waals surface area contributed by atoms with Gasteiger partial charge in [0.2, 0.25) is 0 Å². The van der Waals surface area contributed by atoms with Crippen molar-refractivity contribution in [1.82, 2.24) is 5.32 Å². The zero-order valence-electron chi connectivity index (χ0n) is 16.6. The number of halogens is 1. The van der Waals surface area contributed by atoms with Gasteiger partial charge in [-0.15, -0.1) is 6.58 Å². The molecule has 2 N–H and O–H groups in total. The number of amidine groups is 1. The lowest BCUT2D eigenvalue weighted by Crippen LogP contribution is -2.19. The van der Waals surface area contributed by atoms with Crippen molar-refractivity contribution in [3.8, 4) is 17.2 Å². The minimum absolute atomic E-state index is 0.0812. The smallest absolute Gasteiger partial charge is 0.264 e. The molecule has 0 aliphatic carbocycles. The summed E-state index contributed by atoms with van der Waals surface area (Å²) in [6.45, 7) is 5.97. The zero-order valence-corrected chi connectivity index (χ0v) is 18.1. The summed E-state index contributed by atoms with van der Waals surface area (Å²) in [6, 6.07) is 8.58. The number of methoxy groups -OCH3 is 1. The van der Waals surface area contributed by atoms with Gasteiger partial charge in [0.25, 0.3) is 5.91 Å². The van der Waals surface area contributed by atoms with E-state index in [2.05, 4.69) is 16.9 Å². The van der Waals surface area contributed by atoms with Crippen molar-refractivity contribution in [3.63, 3.8) is 0 Å². The number of aromatic hydroxyl groups is 1. The van der Waals surface area contributed by atoms with Crippen LogP contribution in [0.1, 0.15) is 18.1 Å². The number of nitrogens with one attached hydrogen (secondary N) is 1. The van der Waals surface area contributed by atoms with Gasteiger partial charge in [0.15, 0.2) is 16.7 Å². The maximum Gasteiger partial charge on any atom is 0.264 e. The highest BCUT2D eigenvalue weighted by molar-refractivity contribution is 8.18. The van der Waals surface area contributed by atoms with Crippen LogP contribution in [0.3, 0.4) is 0 Å². The van der Waals surface area contributed by atoms with Crippen LogP contribution in [0.25, 0.3) is 6.08 Å². The molecular weight excluding hydrogens is 424 g/mol. The first kappa shape index (κ1) is 21.8. The van der Waals surface area contributed by atoms with Crippen LogP contribution in [0.4, 0.5) is 5.69 Å². The third kappa shape index (κ3) is 4.98. The fourth-order valence-electron chi connectivity index (χ4n) is 2.84. The Morgan fingerprint density at radius 2 is 2.10 bits per heavy atom. The molecule has 6 nitrogen and oxygen atoms in total. The summed E-state index contributed by atoms with van der Waals surface area (Å²) in [5.74, 6) is 0.728. The van der Waals surface area contributed by atoms with E-state index in [1.54, 1.807) is 49.6 Å². The van der Waals surface area contributed by atoms with Gasteiger partial charge < -0.3 is 19.9 Å². The first-order valence-electron chi connectivity index (χ1n) is 9.17. The van der Waals surface area contributed by atoms with Crippen LogP contribution in [0.2, 0.25) is 5.02 Å². The lowest BCUT2D eigenvalue weighted by molar-refractivity contribution is -0.115. The van der Waals surface area contributed by atoms with Crippen molar-refractivity contribution in [2.24, 2.45) is 4.99 Å². The van der Waals surface area contributed by atoms with Gasteiger partial charge in [0.05, 0.1) is 18.6 Å². The Balaban J connectivity index is 1.93. The Labute approximate surface area is 184 Å². The van der Waals surface area contributed by atoms with E-state index in [-0.39, 0.29) is 11.7 Å². The Kier molecular flexibility index (Phi) is 7.07. The molecule has 0 aromatic heterocycles. The van der Waals surface area contributed by atoms with Gasteiger partial charge in [-0.05, 0) is 67.1 Å². The number of thioether (sulfide) groups is 1. The number of carbonyl (C=O) groups excluding carboxylic acids is 1. The van der Waals surface area contributed by atoms with E-state index in [1.807, 2.05) is 6.92 Å². The molecule has 0 bridgehead atoms. The highest BCUT2D eigenvalue weighted by Crippen LogP contribution is 2.36. The summed E-state index contributed by atoms with van der Waals surface area (Å²) >= 11 is 7.25. The summed E-state index contributed by atoms with van der Waals surface area (Å²) in [7, 11) is 1.54. The van der Waals surface area contributed by atoms with E-state index < -0.39 is 0 Å². The molecule has 1 saturated heterocycles. The maximum absolute atomic E-state index is 12.5. The SMILES string of the molecule is C=CCc1cc(/C=C2\SC(=Nc3cc(Cl)ccc3OC)NC2=O)cc(OCC)c1O. The minimum Gasteiger partial charge on any atom is -0.504 e. The number of phenols is 1. The molecule has 0 unspecified atom stereocenters. The Morgan fingerprint density at radius 1 is 1.30 bits per heavy atom. The predicted octanol–water partition coefficient (Wildman–Crippen LogP) is 5.07. The maximum atomic E-state index is 12.5. The molecule has 2 aromatic carbocycles. The molecule has 1 aliphatic rings. The number of carbonyl (C=O) groups is 1. The number of allylic oxidation sites excluding steroid dienone is 1. The molecule has 2 aromatic rings. The molecule has 1 aliphatic heterocycles. The molecule has 0 radical (unpaired) electrons. The molecule has 0 atom stereocenters. The van der Waals surface area contributed by atoms with E-state index >= 15 is 0 Å². The van der Waals surface area contributed by atoms with Crippen molar-refractivity contribution in [1.29, 1.82) is 0 Å². The lowest BCUT2D eigenvalue weighted by Gasteiger charge is -2.11. The van der Waals surface area contributed by atoms with Gasteiger partial charge in [-0.3, -0.25) is 4.79 Å². The average Bonchev–Trinajstić information content (AvgIpc) is 3.04. The Bertz CT molecular complexity index is 1050. The average molecular weight is 445 g/mol. The van der Waals surface area contributed by atoms with Gasteiger partial charge in [-0.2, -0.15) is 0 Å². The first-order chi connectivity index (χ1) is 14.4. The monoisotopic (exact) mass is 444 g/mol. The van der Waals surface area contributed by atoms with Gasteiger partial charge in [0.1, 0.15) is 11.4 Å². The van der Waals surface area contributed by atoms with Crippen LogP contribution in [0.5, 0.6) is 17.2 Å². The van der Waals surface area contributed by atoms with Crippen LogP contribution in [-0.4, -0.2) is 29.9 Å². The Hall–Kier alpha value is -2.90. The molecule has 156 valence electrons. The molecule has 3 rings (SSSR count). The van der Waals surface area contributed by atoms with Crippen molar-refractivity contribution in [2.75, 3.05) is 13.7 Å². The van der Waals surface area contributed by atoms with Crippen LogP contribution in [0.15, 0.2) is 52.9 Å². The normalized spacial score (nSPS) is 16.0. The quantitative estimate of drug-likeness (QED) is 0.460. The number of ether oxygens (including phenoxy) is 2. The summed E-state index contributed by atoms with van der Waals surface area (Å²) in [6.07, 6.45) is 3.90. The summed E-state index contributed by atoms with van der Waals surface area (Å²) in [4.78, 5) is 17.4. The van der Waals surface area contributed by atoms with Crippen molar-refractivity contribution in [3.05, 3.63) is 64.0 Å². The molecule has 8 heteroatoms. The second-order valence-electron chi connectivity index (χ2n) is 6.25. The number of phenolic OH excluding ortho intramolecular Hbond substituents is 1. The van der Waals surface area contributed by atoms with Crippen LogP contribution in [0, 0.1) is 0 Å². The number of benzene rings is 2. The second kappa shape index (κ2) is 9.73. The minimum atomic E-state index is -0.268. The van der Waals surface area contributed by atoms with Gasteiger partial charge >= 0.3 is 0 Å². The van der Waals surface area contributed by atoms with E-state index in [0.29, 0.717) is 50.9 Å².